The van der Waals surface area contributed by atoms with E-state index in [9.17, 15) is 0 Å². The van der Waals surface area contributed by atoms with Gasteiger partial charge in [0.15, 0.2) is 0 Å². The molecular formula is C32H50O4SSi2. The Morgan fingerprint density at radius 1 is 0.718 bits per heavy atom. The second-order valence-corrected chi connectivity index (χ2v) is 16.1. The molecule has 0 radical (unpaired) electrons. The topological polar surface area (TPSA) is 36.9 Å². The highest BCUT2D eigenvalue weighted by atomic mass is 32.2. The van der Waals surface area contributed by atoms with Crippen molar-refractivity contribution in [2.75, 3.05) is 38.9 Å². The van der Waals surface area contributed by atoms with Gasteiger partial charge in [-0.05, 0) is 62.1 Å². The summed E-state index contributed by atoms with van der Waals surface area (Å²) in [5.41, 5.74) is 6.42. The van der Waals surface area contributed by atoms with Gasteiger partial charge in [0.1, 0.15) is 0 Å². The predicted octanol–water partition coefficient (Wildman–Crippen LogP) is 7.26. The number of ether oxygens (including phenoxy) is 2. The summed E-state index contributed by atoms with van der Waals surface area (Å²) in [5, 5.41) is 0. The zero-order valence-electron chi connectivity index (χ0n) is 25.0. The van der Waals surface area contributed by atoms with E-state index < -0.39 is 18.1 Å². The first-order chi connectivity index (χ1) is 18.8. The number of benzene rings is 2. The molecule has 0 aliphatic rings. The average molecular weight is 587 g/mol. The lowest BCUT2D eigenvalue weighted by molar-refractivity contribution is 0.161. The molecule has 0 aliphatic heterocycles. The molecule has 0 aliphatic carbocycles. The molecule has 39 heavy (non-hydrogen) atoms. The molecule has 2 aromatic carbocycles. The van der Waals surface area contributed by atoms with Gasteiger partial charge in [0, 0.05) is 47.0 Å². The van der Waals surface area contributed by atoms with E-state index >= 15 is 0 Å². The molecule has 4 unspecified atom stereocenters. The molecular weight excluding hydrogens is 537 g/mol. The van der Waals surface area contributed by atoms with E-state index in [-0.39, 0.29) is 10.8 Å². The van der Waals surface area contributed by atoms with Crippen molar-refractivity contribution < 1.29 is 18.3 Å². The van der Waals surface area contributed by atoms with Gasteiger partial charge in [-0.2, -0.15) is 0 Å². The van der Waals surface area contributed by atoms with Crippen LogP contribution in [0.4, 0.5) is 0 Å². The molecule has 0 aromatic heterocycles. The minimum Gasteiger partial charge on any atom is -0.413 e. The van der Waals surface area contributed by atoms with Crippen molar-refractivity contribution >= 4 is 29.8 Å². The van der Waals surface area contributed by atoms with Crippen LogP contribution >= 0.6 is 11.8 Å². The minimum atomic E-state index is -1.57. The smallest absolute Gasteiger partial charge is 0.225 e. The number of rotatable bonds is 20. The van der Waals surface area contributed by atoms with Gasteiger partial charge in [-0.1, -0.05) is 75.1 Å². The lowest BCUT2D eigenvalue weighted by Gasteiger charge is -2.31. The molecule has 0 bridgehead atoms. The maximum absolute atomic E-state index is 6.36. The van der Waals surface area contributed by atoms with Crippen molar-refractivity contribution in [2.24, 2.45) is 0 Å². The second kappa shape index (κ2) is 17.4. The molecule has 0 saturated carbocycles. The Morgan fingerprint density at radius 2 is 1.13 bits per heavy atom. The highest BCUT2D eigenvalue weighted by Crippen LogP contribution is 2.36. The van der Waals surface area contributed by atoms with Crippen LogP contribution in [-0.2, 0) is 29.2 Å². The van der Waals surface area contributed by atoms with Gasteiger partial charge in [0.25, 0.3) is 0 Å². The van der Waals surface area contributed by atoms with Gasteiger partial charge in [-0.3, -0.25) is 0 Å². The van der Waals surface area contributed by atoms with Gasteiger partial charge >= 0.3 is 0 Å². The summed E-state index contributed by atoms with van der Waals surface area (Å²) < 4.78 is 24.0. The Morgan fingerprint density at radius 3 is 1.46 bits per heavy atom. The molecule has 0 heterocycles. The molecule has 2 aromatic rings. The van der Waals surface area contributed by atoms with Crippen molar-refractivity contribution in [1.82, 2.24) is 0 Å². The maximum atomic E-state index is 6.36. The Kier molecular flexibility index (Phi) is 15.0. The van der Waals surface area contributed by atoms with E-state index in [1.165, 1.54) is 20.9 Å². The van der Waals surface area contributed by atoms with Crippen molar-refractivity contribution in [3.8, 4) is 0 Å². The first-order valence-electron chi connectivity index (χ1n) is 14.3. The number of hydrogen-bond donors (Lipinski definition) is 0. The van der Waals surface area contributed by atoms with E-state index in [1.54, 1.807) is 0 Å². The molecule has 0 amide bonds. The van der Waals surface area contributed by atoms with Crippen LogP contribution < -0.4 is 0 Å². The van der Waals surface area contributed by atoms with Crippen LogP contribution in [0.2, 0.25) is 0 Å². The largest absolute Gasteiger partial charge is 0.413 e. The lowest BCUT2D eigenvalue weighted by atomic mass is 9.81. The maximum Gasteiger partial charge on any atom is 0.225 e. The number of hydrogen-bond acceptors (Lipinski definition) is 5. The van der Waals surface area contributed by atoms with E-state index in [2.05, 4.69) is 89.4 Å². The van der Waals surface area contributed by atoms with Crippen LogP contribution in [0, 0.1) is 0 Å². The fourth-order valence-corrected chi connectivity index (χ4v) is 7.98. The Labute approximate surface area is 245 Å². The van der Waals surface area contributed by atoms with Crippen molar-refractivity contribution in [3.63, 3.8) is 0 Å². The van der Waals surface area contributed by atoms with Crippen molar-refractivity contribution in [3.05, 3.63) is 84.2 Å². The van der Waals surface area contributed by atoms with Gasteiger partial charge < -0.3 is 18.3 Å². The third-order valence-electron chi connectivity index (χ3n) is 7.59. The quantitative estimate of drug-likeness (QED) is 0.153. The Hall–Kier alpha value is -1.46. The van der Waals surface area contributed by atoms with Crippen molar-refractivity contribution in [1.29, 1.82) is 0 Å². The summed E-state index contributed by atoms with van der Waals surface area (Å²) in [6.45, 7) is 23.8. The summed E-state index contributed by atoms with van der Waals surface area (Å²) in [5.74, 6) is 0. The first kappa shape index (κ1) is 33.7. The van der Waals surface area contributed by atoms with Crippen LogP contribution in [-0.4, -0.2) is 57.0 Å². The first-order valence-corrected chi connectivity index (χ1v) is 19.0. The van der Waals surface area contributed by atoms with Gasteiger partial charge in [-0.25, -0.2) is 0 Å². The zero-order valence-corrected chi connectivity index (χ0v) is 28.2. The zero-order chi connectivity index (χ0) is 28.7. The second-order valence-electron chi connectivity index (χ2n) is 10.5. The van der Waals surface area contributed by atoms with Crippen LogP contribution in [0.25, 0.3) is 0 Å². The fourth-order valence-electron chi connectivity index (χ4n) is 4.20. The third-order valence-corrected chi connectivity index (χ3v) is 11.9. The summed E-state index contributed by atoms with van der Waals surface area (Å²) in [7, 11) is -3.13. The minimum absolute atomic E-state index is 0.0654. The van der Waals surface area contributed by atoms with Crippen LogP contribution in [0.5, 0.6) is 0 Å². The Balaban J connectivity index is 2.17. The average Bonchev–Trinajstić information content (AvgIpc) is 2.97. The van der Waals surface area contributed by atoms with E-state index in [1.807, 2.05) is 37.0 Å². The fraction of sp³-hybridized carbons (Fsp3) is 0.500. The predicted molar refractivity (Wildman–Crippen MR) is 172 cm³/mol. The molecule has 0 fully saturated rings. The molecule has 0 N–H and O–H groups in total. The van der Waals surface area contributed by atoms with Gasteiger partial charge in [0.05, 0.1) is 12.5 Å². The monoisotopic (exact) mass is 586 g/mol. The standard InChI is InChI=1S/C32H50O4SSi2/c1-9-31(7,23-35-38(13-5)25-33-11-3)27-17-15-19-29(21-27)37-30-20-16-18-28(22-30)32(8,10-2)24-36-39(14-6)26-34-12-4/h13-22,38-39H,5-6,9-12,23-26H2,1-4,7-8H3. The van der Waals surface area contributed by atoms with E-state index in [0.717, 1.165) is 12.8 Å². The molecule has 4 atom stereocenters. The van der Waals surface area contributed by atoms with Gasteiger partial charge in [0.2, 0.25) is 18.1 Å². The molecule has 2 rings (SSSR count). The van der Waals surface area contributed by atoms with Crippen LogP contribution in [0.15, 0.2) is 82.9 Å². The molecule has 216 valence electrons. The summed E-state index contributed by atoms with van der Waals surface area (Å²) >= 11 is 1.81. The summed E-state index contributed by atoms with van der Waals surface area (Å²) in [4.78, 5) is 2.47. The summed E-state index contributed by atoms with van der Waals surface area (Å²) in [6, 6.07) is 17.8. The van der Waals surface area contributed by atoms with Crippen molar-refractivity contribution in [2.45, 2.75) is 75.0 Å². The third kappa shape index (κ3) is 10.5. The SMILES string of the molecule is C=C[SiH](COCC)OCC(C)(CC)c1cccc(Sc2cccc(C(C)(CC)CO[SiH](C=C)COCC)c2)c1. The lowest BCUT2D eigenvalue weighted by Crippen LogP contribution is -2.33. The molecule has 0 saturated heterocycles. The highest BCUT2D eigenvalue weighted by molar-refractivity contribution is 7.99. The highest BCUT2D eigenvalue weighted by Gasteiger charge is 2.28. The molecule has 4 nitrogen and oxygen atoms in total. The molecule has 0 spiro atoms. The van der Waals surface area contributed by atoms with Crippen LogP contribution in [0.3, 0.4) is 0 Å². The Bertz CT molecular complexity index is 940. The molecule has 7 heteroatoms. The summed E-state index contributed by atoms with van der Waals surface area (Å²) in [6.07, 6.45) is 3.35. The normalized spacial score (nSPS) is 16.2. The van der Waals surface area contributed by atoms with Gasteiger partial charge in [-0.15, -0.1) is 13.2 Å². The van der Waals surface area contributed by atoms with Crippen LogP contribution in [0.1, 0.15) is 65.5 Å². The van der Waals surface area contributed by atoms with E-state index in [0.29, 0.717) is 38.9 Å². The van der Waals surface area contributed by atoms with E-state index in [4.69, 9.17) is 18.3 Å².